The van der Waals surface area contributed by atoms with Crippen molar-refractivity contribution >= 4 is 17.1 Å². The van der Waals surface area contributed by atoms with Gasteiger partial charge in [-0.15, -0.1) is 0 Å². The van der Waals surface area contributed by atoms with Gasteiger partial charge in [0.1, 0.15) is 18.5 Å². The maximum atomic E-state index is 15.4. The molecule has 0 spiro atoms. The van der Waals surface area contributed by atoms with Crippen LogP contribution in [0.4, 0.5) is 4.39 Å². The van der Waals surface area contributed by atoms with E-state index in [1.165, 1.54) is 29.4 Å². The first-order chi connectivity index (χ1) is 18.0. The second-order valence-electron chi connectivity index (χ2n) is 8.34. The van der Waals surface area contributed by atoms with Gasteiger partial charge in [0, 0.05) is 24.3 Å². The molecule has 2 heterocycles. The molecule has 4 N–H and O–H groups in total. The molecule has 9 nitrogen and oxygen atoms in total. The van der Waals surface area contributed by atoms with Gasteiger partial charge in [-0.25, -0.2) is 14.4 Å². The zero-order valence-corrected chi connectivity index (χ0v) is 19.6. The number of benzene rings is 3. The molecule has 1 amide bonds. The number of rotatable bonds is 8. The Bertz CT molecular complexity index is 1680. The molecule has 0 aliphatic carbocycles. The normalized spacial score (nSPS) is 11.2. The second-order valence-corrected chi connectivity index (χ2v) is 8.34. The number of nitrogens with zero attached hydrogens (tertiary/aromatic N) is 4. The Hall–Kier alpha value is -4.67. The molecule has 0 radical (unpaired) electrons. The van der Waals surface area contributed by atoms with E-state index in [0.29, 0.717) is 24.3 Å². The van der Waals surface area contributed by atoms with Crippen LogP contribution in [-0.2, 0) is 6.54 Å². The number of hydrogen-bond donors (Lipinski definition) is 3. The number of aliphatic hydroxyl groups excluding tert-OH is 1. The SMILES string of the molecule is NC(=O)c1cccc(-n2cnc3ncn(-c4ccc(-c5ccccc5CNCCO)cc4F)c(=O)c32)c1. The number of nitrogens with one attached hydrogen (secondary N) is 1. The summed E-state index contributed by atoms with van der Waals surface area (Å²) in [7, 11) is 0. The highest BCUT2D eigenvalue weighted by molar-refractivity contribution is 5.93. The molecule has 0 aliphatic rings. The monoisotopic (exact) mass is 498 g/mol. The molecular formula is C27H23FN6O3. The minimum atomic E-state index is -0.602. The lowest BCUT2D eigenvalue weighted by molar-refractivity contribution is 0.1000. The average molecular weight is 499 g/mol. The highest BCUT2D eigenvalue weighted by Crippen LogP contribution is 2.27. The molecule has 0 fully saturated rings. The van der Waals surface area contributed by atoms with Gasteiger partial charge < -0.3 is 16.2 Å². The molecule has 10 heteroatoms. The van der Waals surface area contributed by atoms with E-state index in [2.05, 4.69) is 15.3 Å². The maximum absolute atomic E-state index is 15.4. The first kappa shape index (κ1) is 24.0. The van der Waals surface area contributed by atoms with Crippen LogP contribution in [0.5, 0.6) is 0 Å². The van der Waals surface area contributed by atoms with Crippen LogP contribution in [0.15, 0.2) is 84.2 Å². The number of aliphatic hydroxyl groups is 1. The molecule has 3 aromatic carbocycles. The number of carbonyl (C=O) groups is 1. The molecule has 0 saturated carbocycles. The predicted octanol–water partition coefficient (Wildman–Crippen LogP) is 2.56. The number of carbonyl (C=O) groups excluding carboxylic acids is 1. The van der Waals surface area contributed by atoms with E-state index in [4.69, 9.17) is 10.8 Å². The number of amides is 1. The smallest absolute Gasteiger partial charge is 0.284 e. The van der Waals surface area contributed by atoms with Crippen LogP contribution in [0.1, 0.15) is 15.9 Å². The highest BCUT2D eigenvalue weighted by atomic mass is 19.1. The molecule has 186 valence electrons. The number of fused-ring (bicyclic) bond motifs is 1. The Labute approximate surface area is 210 Å². The molecule has 5 aromatic rings. The summed E-state index contributed by atoms with van der Waals surface area (Å²) in [6, 6.07) is 18.7. The Morgan fingerprint density at radius 3 is 2.54 bits per heavy atom. The predicted molar refractivity (Wildman–Crippen MR) is 137 cm³/mol. The van der Waals surface area contributed by atoms with Crippen LogP contribution in [0.3, 0.4) is 0 Å². The van der Waals surface area contributed by atoms with Crippen molar-refractivity contribution in [1.29, 1.82) is 0 Å². The van der Waals surface area contributed by atoms with Crippen molar-refractivity contribution in [3.05, 3.63) is 107 Å². The number of primary amides is 1. The molecule has 37 heavy (non-hydrogen) atoms. The first-order valence-corrected chi connectivity index (χ1v) is 11.5. The van der Waals surface area contributed by atoms with Gasteiger partial charge in [0.05, 0.1) is 12.3 Å². The summed E-state index contributed by atoms with van der Waals surface area (Å²) < 4.78 is 18.0. The molecule has 0 bridgehead atoms. The Balaban J connectivity index is 1.56. The van der Waals surface area contributed by atoms with Crippen molar-refractivity contribution < 1.29 is 14.3 Å². The zero-order chi connectivity index (χ0) is 25.9. The number of imidazole rings is 1. The zero-order valence-electron chi connectivity index (χ0n) is 19.6. The fourth-order valence-electron chi connectivity index (χ4n) is 4.22. The molecule has 0 aliphatic heterocycles. The topological polar surface area (TPSA) is 128 Å². The highest BCUT2D eigenvalue weighted by Gasteiger charge is 2.17. The first-order valence-electron chi connectivity index (χ1n) is 11.5. The standard InChI is InChI=1S/C27H23FN6O3/c28-22-13-17(21-7-2-1-4-19(21)14-30-10-11-35)8-9-23(22)34-16-32-26-24(27(34)37)33(15-31-26)20-6-3-5-18(12-20)25(29)36/h1-9,12-13,15-16,30,35H,10-11,14H2,(H2,29,36). The molecule has 5 rings (SSSR count). The summed E-state index contributed by atoms with van der Waals surface area (Å²) in [6.45, 7) is 0.985. The van der Waals surface area contributed by atoms with Crippen LogP contribution in [0, 0.1) is 5.82 Å². The van der Waals surface area contributed by atoms with Crippen molar-refractivity contribution in [2.24, 2.45) is 5.73 Å². The van der Waals surface area contributed by atoms with Gasteiger partial charge in [-0.1, -0.05) is 36.4 Å². The average Bonchev–Trinajstić information content (AvgIpc) is 3.35. The number of hydrogen-bond acceptors (Lipinski definition) is 6. The molecular weight excluding hydrogens is 475 g/mol. The van der Waals surface area contributed by atoms with E-state index in [9.17, 15) is 9.59 Å². The van der Waals surface area contributed by atoms with Crippen molar-refractivity contribution in [3.8, 4) is 22.5 Å². The van der Waals surface area contributed by atoms with E-state index in [-0.39, 0.29) is 29.0 Å². The van der Waals surface area contributed by atoms with Crippen molar-refractivity contribution in [1.82, 2.24) is 24.4 Å². The third-order valence-corrected chi connectivity index (χ3v) is 6.01. The van der Waals surface area contributed by atoms with Gasteiger partial charge >= 0.3 is 0 Å². The Morgan fingerprint density at radius 1 is 1.00 bits per heavy atom. The van der Waals surface area contributed by atoms with Gasteiger partial charge in [-0.05, 0) is 47.0 Å². The summed E-state index contributed by atoms with van der Waals surface area (Å²) >= 11 is 0. The third-order valence-electron chi connectivity index (χ3n) is 6.01. The molecule has 0 atom stereocenters. The lowest BCUT2D eigenvalue weighted by atomic mass is 9.99. The van der Waals surface area contributed by atoms with Gasteiger partial charge in [-0.2, -0.15) is 0 Å². The van der Waals surface area contributed by atoms with Gasteiger partial charge in [0.2, 0.25) is 5.91 Å². The minimum Gasteiger partial charge on any atom is -0.395 e. The molecule has 0 unspecified atom stereocenters. The summed E-state index contributed by atoms with van der Waals surface area (Å²) in [5.41, 5.74) is 8.44. The van der Waals surface area contributed by atoms with Crippen molar-refractivity contribution in [3.63, 3.8) is 0 Å². The van der Waals surface area contributed by atoms with Crippen LogP contribution < -0.4 is 16.6 Å². The van der Waals surface area contributed by atoms with E-state index in [0.717, 1.165) is 15.7 Å². The number of aromatic nitrogens is 4. The fourth-order valence-corrected chi connectivity index (χ4v) is 4.22. The van der Waals surface area contributed by atoms with Crippen LogP contribution in [0.2, 0.25) is 0 Å². The summed E-state index contributed by atoms with van der Waals surface area (Å²) in [5, 5.41) is 12.2. The third kappa shape index (κ3) is 4.63. The maximum Gasteiger partial charge on any atom is 0.284 e. The van der Waals surface area contributed by atoms with Gasteiger partial charge in [0.15, 0.2) is 11.2 Å². The molecule has 2 aromatic heterocycles. The van der Waals surface area contributed by atoms with Crippen LogP contribution in [-0.4, -0.2) is 43.3 Å². The van der Waals surface area contributed by atoms with Crippen molar-refractivity contribution in [2.75, 3.05) is 13.2 Å². The van der Waals surface area contributed by atoms with E-state index in [1.807, 2.05) is 24.3 Å². The van der Waals surface area contributed by atoms with Crippen LogP contribution >= 0.6 is 0 Å². The van der Waals surface area contributed by atoms with Gasteiger partial charge in [0.25, 0.3) is 5.56 Å². The van der Waals surface area contributed by atoms with Crippen LogP contribution in [0.25, 0.3) is 33.7 Å². The number of nitrogens with two attached hydrogens (primary N) is 1. The Morgan fingerprint density at radius 2 is 1.78 bits per heavy atom. The lowest BCUT2D eigenvalue weighted by Crippen LogP contribution is -2.21. The largest absolute Gasteiger partial charge is 0.395 e. The molecule has 0 saturated heterocycles. The number of halogens is 1. The summed E-state index contributed by atoms with van der Waals surface area (Å²) in [6.07, 6.45) is 2.66. The summed E-state index contributed by atoms with van der Waals surface area (Å²) in [4.78, 5) is 33.5. The van der Waals surface area contributed by atoms with Crippen molar-refractivity contribution in [2.45, 2.75) is 6.54 Å². The second kappa shape index (κ2) is 10.1. The van der Waals surface area contributed by atoms with E-state index >= 15 is 4.39 Å². The fraction of sp³-hybridized carbons (Fsp3) is 0.111. The Kier molecular flexibility index (Phi) is 6.59. The summed E-state index contributed by atoms with van der Waals surface area (Å²) in [5.74, 6) is -1.20. The van der Waals surface area contributed by atoms with E-state index in [1.54, 1.807) is 30.3 Å². The minimum absolute atomic E-state index is 0.0219. The quantitative estimate of drug-likeness (QED) is 0.282. The van der Waals surface area contributed by atoms with E-state index < -0.39 is 17.3 Å². The lowest BCUT2D eigenvalue weighted by Gasteiger charge is -2.13. The van der Waals surface area contributed by atoms with Gasteiger partial charge in [-0.3, -0.25) is 18.7 Å².